The Morgan fingerprint density at radius 3 is 2.18 bits per heavy atom. The van der Waals surface area contributed by atoms with Crippen LogP contribution in [0.2, 0.25) is 0 Å². The van der Waals surface area contributed by atoms with Crippen molar-refractivity contribution < 1.29 is 80.5 Å². The van der Waals surface area contributed by atoms with E-state index in [0.29, 0.717) is 12.2 Å². The quantitative estimate of drug-likeness (QED) is 0.0260. The number of unbranched alkanes of at least 4 members (excludes halogenated alkanes) is 11. The molecule has 1 saturated heterocycles. The van der Waals surface area contributed by atoms with Gasteiger partial charge in [-0.1, -0.05) is 96.1 Å². The molecule has 10 N–H and O–H groups in total. The van der Waals surface area contributed by atoms with Crippen molar-refractivity contribution in [2.24, 2.45) is 5.41 Å². The number of phosphoric ester groups is 3. The van der Waals surface area contributed by atoms with Crippen LogP contribution >= 0.6 is 35.2 Å². The Kier molecular flexibility index (Phi) is 25.2. The Balaban J connectivity index is 1.30. The minimum Gasteiger partial charge on any atom is -0.386 e. The molecule has 0 radical (unpaired) electrons. The summed E-state index contributed by atoms with van der Waals surface area (Å²) in [7, 11) is -16.4. The number of phosphoric acid groups is 3. The van der Waals surface area contributed by atoms with E-state index in [0.717, 1.165) is 54.7 Å². The number of nitrogens with one attached hydrogen (secondary N) is 2. The van der Waals surface area contributed by atoms with E-state index in [1.165, 1.54) is 71.6 Å². The summed E-state index contributed by atoms with van der Waals surface area (Å²) in [5.41, 5.74) is 4.29. The molecule has 24 nitrogen and oxygen atoms in total. The summed E-state index contributed by atoms with van der Waals surface area (Å²) < 4.78 is 62.4. The van der Waals surface area contributed by atoms with Crippen LogP contribution in [0, 0.1) is 5.41 Å². The number of imidazole rings is 1. The molecule has 28 heteroatoms. The second kappa shape index (κ2) is 28.8. The summed E-state index contributed by atoms with van der Waals surface area (Å²) in [5.74, 6) is -1.03. The molecular formula is C39H68N7O17P3S. The van der Waals surface area contributed by atoms with E-state index in [9.17, 15) is 57.9 Å². The first kappa shape index (κ1) is 58.6. The fourth-order valence-electron chi connectivity index (χ4n) is 6.71. The number of thioether (sulfide) groups is 1. The van der Waals surface area contributed by atoms with Crippen LogP contribution in [0.5, 0.6) is 0 Å². The molecule has 67 heavy (non-hydrogen) atoms. The lowest BCUT2D eigenvalue weighted by Gasteiger charge is -2.30. The molecule has 7 atom stereocenters. The van der Waals surface area contributed by atoms with Gasteiger partial charge in [-0.05, 0) is 32.1 Å². The molecule has 0 aromatic carbocycles. The van der Waals surface area contributed by atoms with Crippen LogP contribution in [0.3, 0.4) is 0 Å². The van der Waals surface area contributed by atoms with Gasteiger partial charge >= 0.3 is 23.5 Å². The molecule has 0 saturated carbocycles. The summed E-state index contributed by atoms with van der Waals surface area (Å²) in [5, 5.41) is 26.7. The number of ether oxygens (including phenoxy) is 1. The van der Waals surface area contributed by atoms with E-state index in [4.69, 9.17) is 19.5 Å². The average Bonchev–Trinajstić information content (AvgIpc) is 3.81. The minimum absolute atomic E-state index is 0.0332. The van der Waals surface area contributed by atoms with E-state index in [2.05, 4.69) is 53.5 Å². The average molecular weight is 1030 g/mol. The number of aliphatic hydroxyl groups excluding tert-OH is 2. The maximum absolute atomic E-state index is 12.7. The molecule has 1 fully saturated rings. The summed E-state index contributed by atoms with van der Waals surface area (Å²) >= 11 is 1.15. The number of nitrogen functional groups attached to an aromatic ring is 1. The van der Waals surface area contributed by atoms with Crippen LogP contribution in [0.4, 0.5) is 5.82 Å². The predicted molar refractivity (Wildman–Crippen MR) is 247 cm³/mol. The zero-order chi connectivity index (χ0) is 49.7. The van der Waals surface area contributed by atoms with Crippen molar-refractivity contribution in [3.05, 3.63) is 24.8 Å². The van der Waals surface area contributed by atoms with Gasteiger partial charge in [0.1, 0.15) is 36.3 Å². The summed E-state index contributed by atoms with van der Waals surface area (Å²) in [6.07, 6.45) is 13.4. The third-order valence-electron chi connectivity index (χ3n) is 10.4. The SMILES string of the molecule is CCCCCC/C=C\CCCCCCCCCC(=O)SCCNC(=O)CCNC(=O)[C@H](O)C(C)(C)COP(=O)(O)OP(=O)(O)OC[C@H]1O[C@@H](n2cnc3c(N)ncnc32)[C@@H](O)C1OP(=O)(O)O. The van der Waals surface area contributed by atoms with Gasteiger partial charge in [0.25, 0.3) is 0 Å². The molecule has 1 aliphatic heterocycles. The maximum atomic E-state index is 12.7. The molecule has 382 valence electrons. The maximum Gasteiger partial charge on any atom is 0.481 e. The molecule has 0 aliphatic carbocycles. The number of allylic oxidation sites excluding steroid dienone is 2. The number of hydrogen-bond acceptors (Lipinski definition) is 18. The lowest BCUT2D eigenvalue weighted by atomic mass is 9.87. The van der Waals surface area contributed by atoms with Gasteiger partial charge in [0.05, 0.1) is 19.5 Å². The lowest BCUT2D eigenvalue weighted by Crippen LogP contribution is -2.46. The highest BCUT2D eigenvalue weighted by Crippen LogP contribution is 2.61. The number of amides is 2. The highest BCUT2D eigenvalue weighted by Gasteiger charge is 2.50. The highest BCUT2D eigenvalue weighted by atomic mass is 32.2. The van der Waals surface area contributed by atoms with Crippen molar-refractivity contribution in [1.29, 1.82) is 0 Å². The second-order valence-electron chi connectivity index (χ2n) is 16.6. The largest absolute Gasteiger partial charge is 0.481 e. The Hall–Kier alpha value is -2.70. The number of aromatic nitrogens is 4. The monoisotopic (exact) mass is 1030 g/mol. The molecule has 2 amide bonds. The van der Waals surface area contributed by atoms with Crippen LogP contribution in [0.1, 0.15) is 123 Å². The van der Waals surface area contributed by atoms with Gasteiger partial charge in [0.15, 0.2) is 22.8 Å². The molecule has 3 unspecified atom stereocenters. The smallest absolute Gasteiger partial charge is 0.386 e. The third-order valence-corrected chi connectivity index (χ3v) is 14.4. The van der Waals surface area contributed by atoms with Crippen LogP contribution < -0.4 is 16.4 Å². The summed E-state index contributed by atoms with van der Waals surface area (Å²) in [6, 6.07) is 0. The van der Waals surface area contributed by atoms with Crippen LogP contribution in [-0.2, 0) is 50.7 Å². The standard InChI is InChI=1S/C39H68N7O17P3S/c1-4-5-6-7-8-9-10-11-12-13-14-15-16-17-18-19-30(48)67-23-22-41-29(47)20-21-42-37(51)34(50)39(2,3)25-60-66(57,58)63-65(55,56)59-24-28-33(62-64(52,53)54)32(49)38(61-28)46-27-45-31-35(40)43-26-44-36(31)46/h9-10,26-28,32-34,38,49-50H,4-8,11-25H2,1-3H3,(H,41,47)(H,42,51)(H,55,56)(H,57,58)(H2,40,43,44)(H2,52,53,54)/b10-9-/t28-,32+,33?,34+,38-/m1/s1. The Morgan fingerprint density at radius 2 is 1.52 bits per heavy atom. The molecule has 3 heterocycles. The van der Waals surface area contributed by atoms with Gasteiger partial charge in [0, 0.05) is 37.1 Å². The number of aliphatic hydroxyl groups is 2. The van der Waals surface area contributed by atoms with E-state index >= 15 is 0 Å². The Bertz CT molecular complexity index is 2040. The van der Waals surface area contributed by atoms with Crippen LogP contribution in [-0.4, -0.2) is 123 Å². The molecule has 0 spiro atoms. The minimum atomic E-state index is -5.57. The van der Waals surface area contributed by atoms with Crippen molar-refractivity contribution in [2.75, 3.05) is 37.8 Å². The normalized spacial score (nSPS) is 20.2. The number of nitrogens with zero attached hydrogens (tertiary/aromatic N) is 4. The van der Waals surface area contributed by atoms with Gasteiger partial charge in [-0.25, -0.2) is 28.6 Å². The number of carbonyl (C=O) groups excluding carboxylic acids is 3. The van der Waals surface area contributed by atoms with Crippen molar-refractivity contribution in [2.45, 2.75) is 148 Å². The molecule has 1 aliphatic rings. The molecule has 0 bridgehead atoms. The molecule has 2 aromatic rings. The topological polar surface area (TPSA) is 364 Å². The van der Waals surface area contributed by atoms with Gasteiger partial charge in [-0.2, -0.15) is 4.31 Å². The molecule has 2 aromatic heterocycles. The fraction of sp³-hybridized carbons (Fsp3) is 0.744. The first-order chi connectivity index (χ1) is 31.6. The fourth-order valence-corrected chi connectivity index (χ4v) is 10.3. The Morgan fingerprint density at radius 1 is 0.896 bits per heavy atom. The zero-order valence-corrected chi connectivity index (χ0v) is 41.6. The van der Waals surface area contributed by atoms with E-state index in [1.54, 1.807) is 0 Å². The first-order valence-corrected chi connectivity index (χ1v) is 27.8. The third kappa shape index (κ3) is 21.9. The number of carbonyl (C=O) groups is 3. The van der Waals surface area contributed by atoms with Gasteiger partial charge in [0.2, 0.25) is 11.8 Å². The highest BCUT2D eigenvalue weighted by molar-refractivity contribution is 8.13. The van der Waals surface area contributed by atoms with Gasteiger partial charge in [-0.3, -0.25) is 32.5 Å². The Labute approximate surface area is 394 Å². The van der Waals surface area contributed by atoms with Gasteiger partial charge in [-0.15, -0.1) is 0 Å². The predicted octanol–water partition coefficient (Wildman–Crippen LogP) is 4.70. The summed E-state index contributed by atoms with van der Waals surface area (Å²) in [6.45, 7) is 2.79. The van der Waals surface area contributed by atoms with E-state index < -0.39 is 84.6 Å². The van der Waals surface area contributed by atoms with Crippen molar-refractivity contribution in [1.82, 2.24) is 30.2 Å². The van der Waals surface area contributed by atoms with E-state index in [1.807, 2.05) is 0 Å². The first-order valence-electron chi connectivity index (χ1n) is 22.3. The van der Waals surface area contributed by atoms with Crippen molar-refractivity contribution in [3.8, 4) is 0 Å². The van der Waals surface area contributed by atoms with Crippen LogP contribution in [0.25, 0.3) is 11.2 Å². The van der Waals surface area contributed by atoms with E-state index in [-0.39, 0.29) is 41.6 Å². The second-order valence-corrected chi connectivity index (χ2v) is 22.0. The van der Waals surface area contributed by atoms with Crippen molar-refractivity contribution >= 4 is 69.1 Å². The molecule has 3 rings (SSSR count). The van der Waals surface area contributed by atoms with Gasteiger partial charge < -0.3 is 50.9 Å². The summed E-state index contributed by atoms with van der Waals surface area (Å²) in [4.78, 5) is 88.3. The number of anilines is 1. The lowest BCUT2D eigenvalue weighted by molar-refractivity contribution is -0.137. The van der Waals surface area contributed by atoms with Crippen LogP contribution in [0.15, 0.2) is 24.8 Å². The number of hydrogen-bond donors (Lipinski definition) is 9. The number of fused-ring (bicyclic) bond motifs is 1. The number of nitrogens with two attached hydrogens (primary N) is 1. The molecular weight excluding hydrogens is 963 g/mol. The zero-order valence-electron chi connectivity index (χ0n) is 38.1. The van der Waals surface area contributed by atoms with Crippen molar-refractivity contribution in [3.63, 3.8) is 0 Å². The number of rotatable bonds is 34.